The van der Waals surface area contributed by atoms with E-state index in [1.807, 2.05) is 13.0 Å². The molecule has 0 saturated heterocycles. The minimum absolute atomic E-state index is 0.135. The number of benzene rings is 2. The van der Waals surface area contributed by atoms with Crippen LogP contribution < -0.4 is 5.32 Å². The molecular weight excluding hydrogens is 372 g/mol. The third-order valence-corrected chi connectivity index (χ3v) is 3.87. The first kappa shape index (κ1) is 20.1. The molecule has 0 fully saturated rings. The molecule has 0 radical (unpaired) electrons. The Labute approximate surface area is 160 Å². The highest BCUT2D eigenvalue weighted by atomic mass is 35.5. The number of esters is 1. The summed E-state index contributed by atoms with van der Waals surface area (Å²) in [7, 11) is 0. The van der Waals surface area contributed by atoms with Gasteiger partial charge in [0, 0.05) is 12.1 Å². The van der Waals surface area contributed by atoms with Gasteiger partial charge in [-0.25, -0.2) is 4.79 Å². The highest BCUT2D eigenvalue weighted by Crippen LogP contribution is 2.27. The van der Waals surface area contributed by atoms with E-state index in [1.165, 1.54) is 24.3 Å². The van der Waals surface area contributed by atoms with Crippen LogP contribution in [0.4, 0.5) is 11.4 Å². The van der Waals surface area contributed by atoms with Crippen molar-refractivity contribution in [2.45, 2.75) is 13.8 Å². The molecule has 1 amide bonds. The maximum Gasteiger partial charge on any atom is 0.331 e. The third kappa shape index (κ3) is 5.65. The van der Waals surface area contributed by atoms with Gasteiger partial charge >= 0.3 is 5.97 Å². The third-order valence-electron chi connectivity index (χ3n) is 3.57. The lowest BCUT2D eigenvalue weighted by Crippen LogP contribution is -2.20. The van der Waals surface area contributed by atoms with Crippen LogP contribution in [0.15, 0.2) is 42.5 Å². The van der Waals surface area contributed by atoms with Crippen molar-refractivity contribution in [3.8, 4) is 0 Å². The first-order valence-corrected chi connectivity index (χ1v) is 8.30. The van der Waals surface area contributed by atoms with E-state index in [2.05, 4.69) is 5.32 Å². The summed E-state index contributed by atoms with van der Waals surface area (Å²) in [5.74, 6) is -1.34. The number of hydrogen-bond acceptors (Lipinski definition) is 5. The number of aryl methyl sites for hydroxylation is 2. The van der Waals surface area contributed by atoms with E-state index in [0.717, 1.165) is 17.2 Å². The molecule has 0 heterocycles. The zero-order valence-electron chi connectivity index (χ0n) is 14.7. The van der Waals surface area contributed by atoms with Crippen molar-refractivity contribution in [1.82, 2.24) is 0 Å². The second kappa shape index (κ2) is 8.95. The highest BCUT2D eigenvalue weighted by molar-refractivity contribution is 6.34. The molecule has 1 N–H and O–H groups in total. The van der Waals surface area contributed by atoms with E-state index < -0.39 is 23.4 Å². The zero-order chi connectivity index (χ0) is 20.0. The first-order chi connectivity index (χ1) is 12.8. The molecule has 0 bridgehead atoms. The zero-order valence-corrected chi connectivity index (χ0v) is 15.4. The molecule has 0 aliphatic carbocycles. The summed E-state index contributed by atoms with van der Waals surface area (Å²) in [6.07, 6.45) is 2.29. The van der Waals surface area contributed by atoms with Gasteiger partial charge in [-0.2, -0.15) is 0 Å². The molecule has 2 rings (SSSR count). The first-order valence-electron chi connectivity index (χ1n) is 7.93. The Hall–Kier alpha value is -3.19. The number of para-hydroxylation sites is 1. The van der Waals surface area contributed by atoms with E-state index >= 15 is 0 Å². The Morgan fingerprint density at radius 3 is 2.63 bits per heavy atom. The second-order valence-corrected chi connectivity index (χ2v) is 6.15. The number of nitrogens with one attached hydrogen (secondary N) is 1. The molecule has 0 aliphatic rings. The number of ether oxygens (including phenoxy) is 1. The Balaban J connectivity index is 1.94. The Morgan fingerprint density at radius 1 is 1.26 bits per heavy atom. The number of halogens is 1. The van der Waals surface area contributed by atoms with Crippen molar-refractivity contribution in [2.24, 2.45) is 0 Å². The van der Waals surface area contributed by atoms with Gasteiger partial charge in [0.15, 0.2) is 6.61 Å². The standard InChI is InChI=1S/C19H17ClN2O5/c1-12-9-13(2)19(15(20)10-12)21-17(23)11-27-18(24)8-7-14-5-3-4-6-16(14)22(25)26/h3-10H,11H2,1-2H3,(H,21,23)/b8-7+. The van der Waals surface area contributed by atoms with Gasteiger partial charge < -0.3 is 10.1 Å². The summed E-state index contributed by atoms with van der Waals surface area (Å²) in [6.45, 7) is 3.18. The molecule has 140 valence electrons. The van der Waals surface area contributed by atoms with Crippen molar-refractivity contribution >= 4 is 40.9 Å². The number of amides is 1. The van der Waals surface area contributed by atoms with E-state index in [9.17, 15) is 19.7 Å². The van der Waals surface area contributed by atoms with Gasteiger partial charge in [0.05, 0.1) is 21.2 Å². The van der Waals surface area contributed by atoms with E-state index in [4.69, 9.17) is 16.3 Å². The van der Waals surface area contributed by atoms with Gasteiger partial charge in [0.2, 0.25) is 0 Å². The summed E-state index contributed by atoms with van der Waals surface area (Å²) < 4.78 is 4.85. The van der Waals surface area contributed by atoms with Crippen LogP contribution in [0.3, 0.4) is 0 Å². The fourth-order valence-corrected chi connectivity index (χ4v) is 2.76. The van der Waals surface area contributed by atoms with E-state index in [1.54, 1.807) is 19.1 Å². The fraction of sp³-hybridized carbons (Fsp3) is 0.158. The van der Waals surface area contributed by atoms with Gasteiger partial charge in [0.1, 0.15) is 0 Å². The Kier molecular flexibility index (Phi) is 6.67. The van der Waals surface area contributed by atoms with Gasteiger partial charge in [-0.3, -0.25) is 14.9 Å². The molecule has 0 unspecified atom stereocenters. The van der Waals surface area contributed by atoms with Gasteiger partial charge in [-0.05, 0) is 43.2 Å². The molecule has 0 aliphatic heterocycles. The number of carbonyl (C=O) groups excluding carboxylic acids is 2. The molecular formula is C19H17ClN2O5. The SMILES string of the molecule is Cc1cc(C)c(NC(=O)COC(=O)/C=C/c2ccccc2[N+](=O)[O-])c(Cl)c1. The van der Waals surface area contributed by atoms with Crippen molar-refractivity contribution < 1.29 is 19.2 Å². The molecule has 0 atom stereocenters. The summed E-state index contributed by atoms with van der Waals surface area (Å²) in [4.78, 5) is 34.1. The minimum Gasteiger partial charge on any atom is -0.452 e. The largest absolute Gasteiger partial charge is 0.452 e. The van der Waals surface area contributed by atoms with Crippen LogP contribution in [-0.4, -0.2) is 23.4 Å². The minimum atomic E-state index is -0.796. The number of nitrogens with zero attached hydrogens (tertiary/aromatic N) is 1. The maximum atomic E-state index is 12.0. The number of rotatable bonds is 6. The van der Waals surface area contributed by atoms with Crippen LogP contribution in [0.1, 0.15) is 16.7 Å². The lowest BCUT2D eigenvalue weighted by molar-refractivity contribution is -0.385. The molecule has 0 saturated carbocycles. The monoisotopic (exact) mass is 388 g/mol. The number of nitro groups is 1. The number of nitro benzene ring substituents is 1. The summed E-state index contributed by atoms with van der Waals surface area (Å²) in [5, 5.41) is 13.9. The molecule has 8 heteroatoms. The quantitative estimate of drug-likeness (QED) is 0.348. The van der Waals surface area contributed by atoms with Crippen LogP contribution in [-0.2, 0) is 14.3 Å². The topological polar surface area (TPSA) is 98.5 Å². The number of anilines is 1. The van der Waals surface area contributed by atoms with Crippen LogP contribution >= 0.6 is 11.6 Å². The second-order valence-electron chi connectivity index (χ2n) is 5.74. The van der Waals surface area contributed by atoms with Crippen LogP contribution in [0.5, 0.6) is 0 Å². The van der Waals surface area contributed by atoms with Crippen LogP contribution in [0.2, 0.25) is 5.02 Å². The average Bonchev–Trinajstić information content (AvgIpc) is 2.61. The normalized spacial score (nSPS) is 10.6. The molecule has 27 heavy (non-hydrogen) atoms. The summed E-state index contributed by atoms with van der Waals surface area (Å²) >= 11 is 6.11. The highest BCUT2D eigenvalue weighted by Gasteiger charge is 2.12. The van der Waals surface area contributed by atoms with E-state index in [-0.39, 0.29) is 11.3 Å². The number of hydrogen-bond donors (Lipinski definition) is 1. The Morgan fingerprint density at radius 2 is 1.96 bits per heavy atom. The lowest BCUT2D eigenvalue weighted by Gasteiger charge is -2.11. The maximum absolute atomic E-state index is 12.0. The smallest absolute Gasteiger partial charge is 0.331 e. The van der Waals surface area contributed by atoms with Gasteiger partial charge in [-0.15, -0.1) is 0 Å². The summed E-state index contributed by atoms with van der Waals surface area (Å²) in [6, 6.07) is 9.53. The van der Waals surface area contributed by atoms with Crippen molar-refractivity contribution in [1.29, 1.82) is 0 Å². The number of carbonyl (C=O) groups is 2. The van der Waals surface area contributed by atoms with Crippen molar-refractivity contribution in [3.05, 3.63) is 74.3 Å². The van der Waals surface area contributed by atoms with Crippen molar-refractivity contribution in [2.75, 3.05) is 11.9 Å². The molecule has 2 aromatic rings. The Bertz CT molecular complexity index is 901. The van der Waals surface area contributed by atoms with Gasteiger partial charge in [0.25, 0.3) is 11.6 Å². The summed E-state index contributed by atoms with van der Waals surface area (Å²) in [5.41, 5.74) is 2.33. The molecule has 7 nitrogen and oxygen atoms in total. The fourth-order valence-electron chi connectivity index (χ4n) is 2.39. The predicted molar refractivity (Wildman–Crippen MR) is 103 cm³/mol. The molecule has 0 spiro atoms. The lowest BCUT2D eigenvalue weighted by atomic mass is 10.1. The average molecular weight is 389 g/mol. The predicted octanol–water partition coefficient (Wildman–Crippen LogP) is 4.06. The van der Waals surface area contributed by atoms with E-state index in [0.29, 0.717) is 10.7 Å². The van der Waals surface area contributed by atoms with Crippen LogP contribution in [0, 0.1) is 24.0 Å². The van der Waals surface area contributed by atoms with Crippen molar-refractivity contribution in [3.63, 3.8) is 0 Å². The van der Waals surface area contributed by atoms with Crippen LogP contribution in [0.25, 0.3) is 6.08 Å². The molecule has 2 aromatic carbocycles. The van der Waals surface area contributed by atoms with Gasteiger partial charge in [-0.1, -0.05) is 29.8 Å². The molecule has 0 aromatic heterocycles.